The van der Waals surface area contributed by atoms with Crippen LogP contribution in [0.3, 0.4) is 0 Å². The third kappa shape index (κ3) is 2.65. The molecular weight excluding hydrogens is 288 g/mol. The number of aldehydes is 1. The van der Waals surface area contributed by atoms with Gasteiger partial charge in [-0.15, -0.1) is 0 Å². The van der Waals surface area contributed by atoms with Crippen LogP contribution in [0.5, 0.6) is 0 Å². The largest absolute Gasteiger partial charge is 0.458 e. The van der Waals surface area contributed by atoms with Crippen molar-refractivity contribution in [1.29, 1.82) is 0 Å². The lowest BCUT2D eigenvalue weighted by atomic mass is 9.95. The molecule has 3 rings (SSSR count). The normalized spacial score (nSPS) is 14.7. The topological polar surface area (TPSA) is 64.3 Å². The number of carbonyl (C=O) groups excluding carboxylic acids is 1. The standard InChI is InChI=1S/C16H16O4S/c17-10-16-14(13-8-4-5-9-15(13)20-16)11-21(18,19)12-6-2-1-3-7-12/h1-3,6-7,10H,4-5,8-9,11H2. The zero-order chi connectivity index (χ0) is 14.9. The van der Waals surface area contributed by atoms with E-state index >= 15 is 0 Å². The molecule has 0 amide bonds. The van der Waals surface area contributed by atoms with Crippen molar-refractivity contribution in [2.24, 2.45) is 0 Å². The van der Waals surface area contributed by atoms with Gasteiger partial charge in [-0.2, -0.15) is 0 Å². The van der Waals surface area contributed by atoms with Crippen molar-refractivity contribution in [2.75, 3.05) is 0 Å². The summed E-state index contributed by atoms with van der Waals surface area (Å²) in [6, 6.07) is 8.30. The second-order valence-electron chi connectivity index (χ2n) is 5.24. The molecule has 0 fully saturated rings. The van der Waals surface area contributed by atoms with Crippen LogP contribution >= 0.6 is 0 Å². The van der Waals surface area contributed by atoms with Gasteiger partial charge in [-0.05, 0) is 37.0 Å². The lowest BCUT2D eigenvalue weighted by molar-refractivity contribution is 0.109. The van der Waals surface area contributed by atoms with E-state index in [-0.39, 0.29) is 16.4 Å². The van der Waals surface area contributed by atoms with E-state index in [1.54, 1.807) is 30.3 Å². The monoisotopic (exact) mass is 304 g/mol. The Morgan fingerprint density at radius 1 is 1.10 bits per heavy atom. The van der Waals surface area contributed by atoms with Gasteiger partial charge in [-0.3, -0.25) is 4.79 Å². The Kier molecular flexibility index (Phi) is 3.68. The fraction of sp³-hybridized carbons (Fsp3) is 0.312. The molecule has 1 aliphatic carbocycles. The average Bonchev–Trinajstić information content (AvgIpc) is 2.86. The van der Waals surface area contributed by atoms with Gasteiger partial charge in [0.05, 0.1) is 10.6 Å². The number of furan rings is 1. The number of fused-ring (bicyclic) bond motifs is 1. The van der Waals surface area contributed by atoms with E-state index < -0.39 is 9.84 Å². The lowest BCUT2D eigenvalue weighted by Crippen LogP contribution is -2.09. The molecule has 0 unspecified atom stereocenters. The summed E-state index contributed by atoms with van der Waals surface area (Å²) in [5.41, 5.74) is 1.46. The van der Waals surface area contributed by atoms with Gasteiger partial charge >= 0.3 is 0 Å². The molecule has 1 heterocycles. The molecule has 0 radical (unpaired) electrons. The van der Waals surface area contributed by atoms with Gasteiger partial charge in [0.15, 0.2) is 21.9 Å². The number of aryl methyl sites for hydroxylation is 1. The van der Waals surface area contributed by atoms with Gasteiger partial charge in [0, 0.05) is 12.0 Å². The first-order valence-electron chi connectivity index (χ1n) is 6.98. The Labute approximate surface area is 123 Å². The molecule has 0 aliphatic heterocycles. The smallest absolute Gasteiger partial charge is 0.185 e. The number of sulfone groups is 1. The maximum absolute atomic E-state index is 12.5. The van der Waals surface area contributed by atoms with Crippen LogP contribution in [-0.2, 0) is 28.4 Å². The van der Waals surface area contributed by atoms with Crippen molar-refractivity contribution in [3.05, 3.63) is 53.0 Å². The van der Waals surface area contributed by atoms with Crippen LogP contribution in [0.4, 0.5) is 0 Å². The third-order valence-corrected chi connectivity index (χ3v) is 5.51. The van der Waals surface area contributed by atoms with Crippen LogP contribution in [0.15, 0.2) is 39.6 Å². The maximum Gasteiger partial charge on any atom is 0.185 e. The van der Waals surface area contributed by atoms with Crippen LogP contribution in [0.1, 0.15) is 40.3 Å². The van der Waals surface area contributed by atoms with Gasteiger partial charge < -0.3 is 4.42 Å². The van der Waals surface area contributed by atoms with Crippen molar-refractivity contribution in [3.63, 3.8) is 0 Å². The van der Waals surface area contributed by atoms with E-state index in [2.05, 4.69) is 0 Å². The Hall–Kier alpha value is -1.88. The number of hydrogen-bond acceptors (Lipinski definition) is 4. The Morgan fingerprint density at radius 3 is 2.52 bits per heavy atom. The van der Waals surface area contributed by atoms with Gasteiger partial charge in [0.1, 0.15) is 5.76 Å². The summed E-state index contributed by atoms with van der Waals surface area (Å²) >= 11 is 0. The van der Waals surface area contributed by atoms with Gasteiger partial charge in [-0.1, -0.05) is 18.2 Å². The van der Waals surface area contributed by atoms with E-state index in [1.807, 2.05) is 0 Å². The minimum atomic E-state index is -3.47. The van der Waals surface area contributed by atoms with Crippen molar-refractivity contribution in [1.82, 2.24) is 0 Å². The van der Waals surface area contributed by atoms with Crippen LogP contribution in [0.2, 0.25) is 0 Å². The van der Waals surface area contributed by atoms with Gasteiger partial charge in [0.2, 0.25) is 0 Å². The third-order valence-electron chi connectivity index (χ3n) is 3.86. The van der Waals surface area contributed by atoms with Crippen molar-refractivity contribution >= 4 is 16.1 Å². The molecule has 1 aromatic carbocycles. The van der Waals surface area contributed by atoms with E-state index in [1.165, 1.54) is 0 Å². The summed E-state index contributed by atoms with van der Waals surface area (Å²) in [6.45, 7) is 0. The number of carbonyl (C=O) groups is 1. The molecular formula is C16H16O4S. The Morgan fingerprint density at radius 2 is 1.81 bits per heavy atom. The zero-order valence-corrected chi connectivity index (χ0v) is 12.4. The Bertz CT molecular complexity index is 757. The van der Waals surface area contributed by atoms with Crippen molar-refractivity contribution in [2.45, 2.75) is 36.3 Å². The SMILES string of the molecule is O=Cc1oc2c(c1CS(=O)(=O)c1ccccc1)CCCC2. The van der Waals surface area contributed by atoms with Crippen LogP contribution in [-0.4, -0.2) is 14.7 Å². The van der Waals surface area contributed by atoms with E-state index in [0.717, 1.165) is 37.0 Å². The molecule has 0 saturated heterocycles. The summed E-state index contributed by atoms with van der Waals surface area (Å²) in [6.07, 6.45) is 4.20. The van der Waals surface area contributed by atoms with Crippen molar-refractivity contribution < 1.29 is 17.6 Å². The minimum Gasteiger partial charge on any atom is -0.458 e. The minimum absolute atomic E-state index is 0.168. The second kappa shape index (κ2) is 5.48. The highest BCUT2D eigenvalue weighted by Crippen LogP contribution is 2.31. The fourth-order valence-electron chi connectivity index (χ4n) is 2.81. The first kappa shape index (κ1) is 14.1. The molecule has 5 heteroatoms. The summed E-state index contributed by atoms with van der Waals surface area (Å²) in [5.74, 6) is 0.771. The van der Waals surface area contributed by atoms with Crippen LogP contribution in [0.25, 0.3) is 0 Å². The molecule has 0 spiro atoms. The van der Waals surface area contributed by atoms with E-state index in [0.29, 0.717) is 11.8 Å². The van der Waals surface area contributed by atoms with E-state index in [4.69, 9.17) is 4.42 Å². The maximum atomic E-state index is 12.5. The molecule has 110 valence electrons. The predicted molar refractivity (Wildman–Crippen MR) is 78.1 cm³/mol. The second-order valence-corrected chi connectivity index (χ2v) is 7.23. The molecule has 0 N–H and O–H groups in total. The first-order chi connectivity index (χ1) is 10.1. The number of rotatable bonds is 4. The Balaban J connectivity index is 2.02. The summed E-state index contributed by atoms with van der Waals surface area (Å²) in [5, 5.41) is 0. The van der Waals surface area contributed by atoms with Gasteiger partial charge in [-0.25, -0.2) is 8.42 Å². The molecule has 4 nitrogen and oxygen atoms in total. The summed E-state index contributed by atoms with van der Waals surface area (Å²) in [4.78, 5) is 11.4. The lowest BCUT2D eigenvalue weighted by Gasteiger charge is -2.11. The predicted octanol–water partition coefficient (Wildman–Crippen LogP) is 2.94. The summed E-state index contributed by atoms with van der Waals surface area (Å²) in [7, 11) is -3.47. The highest BCUT2D eigenvalue weighted by molar-refractivity contribution is 7.90. The molecule has 0 atom stereocenters. The molecule has 0 saturated carbocycles. The molecule has 21 heavy (non-hydrogen) atoms. The zero-order valence-electron chi connectivity index (χ0n) is 11.5. The highest BCUT2D eigenvalue weighted by atomic mass is 32.2. The average molecular weight is 304 g/mol. The molecule has 1 aromatic heterocycles. The summed E-state index contributed by atoms with van der Waals surface area (Å²) < 4.78 is 30.5. The molecule has 1 aliphatic rings. The van der Waals surface area contributed by atoms with Crippen LogP contribution in [0, 0.1) is 0 Å². The van der Waals surface area contributed by atoms with Gasteiger partial charge in [0.25, 0.3) is 0 Å². The quantitative estimate of drug-likeness (QED) is 0.815. The van der Waals surface area contributed by atoms with Crippen molar-refractivity contribution in [3.8, 4) is 0 Å². The molecule has 0 bridgehead atoms. The number of benzene rings is 1. The van der Waals surface area contributed by atoms with E-state index in [9.17, 15) is 13.2 Å². The highest BCUT2D eigenvalue weighted by Gasteiger charge is 2.26. The molecule has 2 aromatic rings. The number of hydrogen-bond donors (Lipinski definition) is 0. The first-order valence-corrected chi connectivity index (χ1v) is 8.63. The van der Waals surface area contributed by atoms with Crippen LogP contribution < -0.4 is 0 Å². The fourth-order valence-corrected chi connectivity index (χ4v) is 4.24.